The third-order valence-electron chi connectivity index (χ3n) is 4.11. The molecule has 3 rings (SSSR count). The molecule has 1 saturated heterocycles. The summed E-state index contributed by atoms with van der Waals surface area (Å²) >= 11 is 0. The van der Waals surface area contributed by atoms with Crippen molar-refractivity contribution in [2.45, 2.75) is 9.79 Å². The van der Waals surface area contributed by atoms with E-state index in [2.05, 4.69) is 9.88 Å². The zero-order valence-corrected chi connectivity index (χ0v) is 14.2. The predicted octanol–water partition coefficient (Wildman–Crippen LogP) is 1.30. The van der Waals surface area contributed by atoms with Crippen LogP contribution in [0, 0.1) is 0 Å². The van der Waals surface area contributed by atoms with Crippen LogP contribution in [0.3, 0.4) is 0 Å². The van der Waals surface area contributed by atoms with E-state index in [9.17, 15) is 13.2 Å². The van der Waals surface area contributed by atoms with E-state index in [-0.39, 0.29) is 21.4 Å². The third kappa shape index (κ3) is 3.32. The summed E-state index contributed by atoms with van der Waals surface area (Å²) in [6.07, 6.45) is 1.26. The van der Waals surface area contributed by atoms with E-state index in [0.29, 0.717) is 13.1 Å². The van der Waals surface area contributed by atoms with Crippen LogP contribution in [0.2, 0.25) is 0 Å². The lowest BCUT2D eigenvalue weighted by Gasteiger charge is -2.32. The SMILES string of the molecule is CN1CCN(C(=O)c2ccc(S(=O)(=O)c3ccccc3)cn2)CC1. The Bertz CT molecular complexity index is 812. The fourth-order valence-corrected chi connectivity index (χ4v) is 3.80. The Kier molecular flexibility index (Phi) is 4.64. The Morgan fingerprint density at radius 3 is 2.21 bits per heavy atom. The van der Waals surface area contributed by atoms with E-state index in [0.717, 1.165) is 13.1 Å². The molecule has 0 spiro atoms. The van der Waals surface area contributed by atoms with Crippen LogP contribution < -0.4 is 0 Å². The number of aromatic nitrogens is 1. The molecule has 1 amide bonds. The predicted molar refractivity (Wildman–Crippen MR) is 89.5 cm³/mol. The van der Waals surface area contributed by atoms with Crippen LogP contribution in [-0.4, -0.2) is 62.3 Å². The van der Waals surface area contributed by atoms with Crippen molar-refractivity contribution in [1.82, 2.24) is 14.8 Å². The average molecular weight is 345 g/mol. The van der Waals surface area contributed by atoms with Gasteiger partial charge in [-0.3, -0.25) is 4.79 Å². The molecule has 1 aromatic carbocycles. The fourth-order valence-electron chi connectivity index (χ4n) is 2.57. The van der Waals surface area contributed by atoms with Crippen molar-refractivity contribution in [2.75, 3.05) is 33.2 Å². The third-order valence-corrected chi connectivity index (χ3v) is 5.86. The van der Waals surface area contributed by atoms with Crippen LogP contribution in [0.5, 0.6) is 0 Å². The molecule has 0 aliphatic carbocycles. The highest BCUT2D eigenvalue weighted by Crippen LogP contribution is 2.20. The van der Waals surface area contributed by atoms with Gasteiger partial charge in [-0.25, -0.2) is 13.4 Å². The number of pyridine rings is 1. The van der Waals surface area contributed by atoms with Gasteiger partial charge in [-0.05, 0) is 31.3 Å². The monoisotopic (exact) mass is 345 g/mol. The Labute approximate surface area is 141 Å². The van der Waals surface area contributed by atoms with Gasteiger partial charge in [0.2, 0.25) is 9.84 Å². The highest BCUT2D eigenvalue weighted by atomic mass is 32.2. The molecular formula is C17H19N3O3S. The molecule has 0 radical (unpaired) electrons. The molecule has 2 heterocycles. The smallest absolute Gasteiger partial charge is 0.272 e. The zero-order chi connectivity index (χ0) is 17.2. The van der Waals surface area contributed by atoms with Gasteiger partial charge in [0.05, 0.1) is 9.79 Å². The average Bonchev–Trinajstić information content (AvgIpc) is 2.62. The zero-order valence-electron chi connectivity index (χ0n) is 13.4. The number of sulfone groups is 1. The van der Waals surface area contributed by atoms with E-state index in [1.165, 1.54) is 18.3 Å². The first-order chi connectivity index (χ1) is 11.5. The van der Waals surface area contributed by atoms with Crippen LogP contribution in [-0.2, 0) is 9.84 Å². The lowest BCUT2D eigenvalue weighted by Crippen LogP contribution is -2.47. The van der Waals surface area contributed by atoms with Gasteiger partial charge in [0.15, 0.2) is 0 Å². The summed E-state index contributed by atoms with van der Waals surface area (Å²) in [4.78, 5) is 20.7. The largest absolute Gasteiger partial charge is 0.335 e. The topological polar surface area (TPSA) is 70.6 Å². The summed E-state index contributed by atoms with van der Waals surface area (Å²) in [5, 5.41) is 0. The standard InChI is InChI=1S/C17H19N3O3S/c1-19-9-11-20(12-10-19)17(21)16-8-7-15(13-18-16)24(22,23)14-5-3-2-4-6-14/h2-8,13H,9-12H2,1H3. The minimum Gasteiger partial charge on any atom is -0.335 e. The van der Waals surface area contributed by atoms with Crippen molar-refractivity contribution >= 4 is 15.7 Å². The molecule has 0 atom stereocenters. The van der Waals surface area contributed by atoms with E-state index in [4.69, 9.17) is 0 Å². The summed E-state index contributed by atoms with van der Waals surface area (Å²) in [5.41, 5.74) is 0.270. The van der Waals surface area contributed by atoms with Gasteiger partial charge in [0.1, 0.15) is 5.69 Å². The van der Waals surface area contributed by atoms with Crippen molar-refractivity contribution in [1.29, 1.82) is 0 Å². The summed E-state index contributed by atoms with van der Waals surface area (Å²) in [7, 11) is -1.59. The van der Waals surface area contributed by atoms with Crippen molar-refractivity contribution in [2.24, 2.45) is 0 Å². The lowest BCUT2D eigenvalue weighted by atomic mass is 10.2. The Morgan fingerprint density at radius 1 is 0.958 bits per heavy atom. The molecule has 24 heavy (non-hydrogen) atoms. The summed E-state index contributed by atoms with van der Waals surface area (Å²) in [6.45, 7) is 2.96. The number of rotatable bonds is 3. The van der Waals surface area contributed by atoms with E-state index in [1.54, 1.807) is 35.2 Å². The molecule has 1 fully saturated rings. The first kappa shape index (κ1) is 16.6. The number of hydrogen-bond acceptors (Lipinski definition) is 5. The second kappa shape index (κ2) is 6.70. The van der Waals surface area contributed by atoms with E-state index in [1.807, 2.05) is 7.05 Å². The van der Waals surface area contributed by atoms with Crippen molar-refractivity contribution in [3.05, 3.63) is 54.4 Å². The van der Waals surface area contributed by atoms with Crippen LogP contribution in [0.1, 0.15) is 10.5 Å². The fraction of sp³-hybridized carbons (Fsp3) is 0.294. The molecule has 0 N–H and O–H groups in total. The Morgan fingerprint density at radius 2 is 1.62 bits per heavy atom. The van der Waals surface area contributed by atoms with Crippen LogP contribution in [0.15, 0.2) is 58.5 Å². The molecule has 1 aromatic heterocycles. The second-order valence-corrected chi connectivity index (χ2v) is 7.74. The van der Waals surface area contributed by atoms with Gasteiger partial charge in [0.25, 0.3) is 5.91 Å². The molecule has 7 heteroatoms. The molecule has 6 nitrogen and oxygen atoms in total. The van der Waals surface area contributed by atoms with E-state index >= 15 is 0 Å². The van der Waals surface area contributed by atoms with Crippen LogP contribution >= 0.6 is 0 Å². The molecule has 0 unspecified atom stereocenters. The summed E-state index contributed by atoms with van der Waals surface area (Å²) in [6, 6.07) is 11.1. The Balaban J connectivity index is 1.80. The van der Waals surface area contributed by atoms with Crippen molar-refractivity contribution in [3.8, 4) is 0 Å². The normalized spacial score (nSPS) is 16.1. The molecule has 1 aliphatic heterocycles. The maximum absolute atomic E-state index is 12.5. The molecule has 0 bridgehead atoms. The number of amides is 1. The quantitative estimate of drug-likeness (QED) is 0.839. The maximum atomic E-state index is 12.5. The summed E-state index contributed by atoms with van der Waals surface area (Å²) in [5.74, 6) is -0.160. The summed E-state index contributed by atoms with van der Waals surface area (Å²) < 4.78 is 25.0. The first-order valence-electron chi connectivity index (χ1n) is 7.72. The van der Waals surface area contributed by atoms with Crippen molar-refractivity contribution in [3.63, 3.8) is 0 Å². The number of nitrogens with zero attached hydrogens (tertiary/aromatic N) is 3. The molecule has 1 aliphatic rings. The maximum Gasteiger partial charge on any atom is 0.272 e. The van der Waals surface area contributed by atoms with Crippen LogP contribution in [0.25, 0.3) is 0 Å². The highest BCUT2D eigenvalue weighted by Gasteiger charge is 2.23. The van der Waals surface area contributed by atoms with E-state index < -0.39 is 9.84 Å². The number of benzene rings is 1. The minimum absolute atomic E-state index is 0.0867. The number of piperazine rings is 1. The van der Waals surface area contributed by atoms with Crippen molar-refractivity contribution < 1.29 is 13.2 Å². The van der Waals surface area contributed by atoms with Gasteiger partial charge >= 0.3 is 0 Å². The first-order valence-corrected chi connectivity index (χ1v) is 9.21. The van der Waals surface area contributed by atoms with Gasteiger partial charge in [-0.1, -0.05) is 18.2 Å². The molecule has 0 saturated carbocycles. The number of likely N-dealkylation sites (N-methyl/N-ethyl adjacent to an activating group) is 1. The molecular weight excluding hydrogens is 326 g/mol. The lowest BCUT2D eigenvalue weighted by molar-refractivity contribution is 0.0658. The number of carbonyl (C=O) groups is 1. The number of carbonyl (C=O) groups excluding carboxylic acids is 1. The highest BCUT2D eigenvalue weighted by molar-refractivity contribution is 7.91. The van der Waals surface area contributed by atoms with Gasteiger partial charge in [-0.15, -0.1) is 0 Å². The van der Waals surface area contributed by atoms with Gasteiger partial charge in [0, 0.05) is 32.4 Å². The number of hydrogen-bond donors (Lipinski definition) is 0. The van der Waals surface area contributed by atoms with Crippen LogP contribution in [0.4, 0.5) is 0 Å². The Hall–Kier alpha value is -2.25. The molecule has 126 valence electrons. The molecule has 2 aromatic rings. The van der Waals surface area contributed by atoms with Gasteiger partial charge < -0.3 is 9.80 Å². The minimum atomic E-state index is -3.61. The van der Waals surface area contributed by atoms with Gasteiger partial charge in [-0.2, -0.15) is 0 Å². The second-order valence-electron chi connectivity index (χ2n) is 5.79.